The number of benzene rings is 2. The molecule has 20 heavy (non-hydrogen) atoms. The number of halogens is 1. The molecular weight excluding hydrogens is 365 g/mol. The summed E-state index contributed by atoms with van der Waals surface area (Å²) < 4.78 is 12.3. The second kappa shape index (κ2) is 4.93. The van der Waals surface area contributed by atoms with Gasteiger partial charge in [0.2, 0.25) is 6.79 Å². The standard InChI is InChI=1S/C16H14INO2/c17-12-3-1-10(2-4-12)16-13-8-15-14(19-9-20-15)7-11(13)5-6-18-16/h1-4,7-8,16,18H,5-6,9H2. The van der Waals surface area contributed by atoms with Crippen molar-refractivity contribution in [1.29, 1.82) is 0 Å². The van der Waals surface area contributed by atoms with Gasteiger partial charge in [-0.2, -0.15) is 0 Å². The van der Waals surface area contributed by atoms with Gasteiger partial charge >= 0.3 is 0 Å². The van der Waals surface area contributed by atoms with E-state index in [1.54, 1.807) is 0 Å². The fourth-order valence-electron chi connectivity index (χ4n) is 2.90. The topological polar surface area (TPSA) is 30.5 Å². The van der Waals surface area contributed by atoms with Crippen molar-refractivity contribution in [3.8, 4) is 11.5 Å². The highest BCUT2D eigenvalue weighted by molar-refractivity contribution is 14.1. The molecule has 102 valence electrons. The minimum Gasteiger partial charge on any atom is -0.454 e. The monoisotopic (exact) mass is 379 g/mol. The molecule has 2 aliphatic heterocycles. The van der Waals surface area contributed by atoms with Crippen LogP contribution in [-0.2, 0) is 6.42 Å². The molecule has 4 rings (SSSR count). The molecule has 1 N–H and O–H groups in total. The van der Waals surface area contributed by atoms with E-state index in [0.29, 0.717) is 6.79 Å². The first-order chi connectivity index (χ1) is 9.81. The zero-order valence-electron chi connectivity index (χ0n) is 10.9. The summed E-state index contributed by atoms with van der Waals surface area (Å²) in [6.07, 6.45) is 1.03. The molecule has 0 saturated carbocycles. The molecule has 0 spiro atoms. The Morgan fingerprint density at radius 2 is 1.80 bits per heavy atom. The third-order valence-electron chi connectivity index (χ3n) is 3.89. The van der Waals surface area contributed by atoms with Gasteiger partial charge in [-0.3, -0.25) is 0 Å². The van der Waals surface area contributed by atoms with Crippen molar-refractivity contribution in [1.82, 2.24) is 5.32 Å². The van der Waals surface area contributed by atoms with E-state index in [1.807, 2.05) is 0 Å². The van der Waals surface area contributed by atoms with E-state index in [4.69, 9.17) is 9.47 Å². The van der Waals surface area contributed by atoms with E-state index >= 15 is 0 Å². The zero-order chi connectivity index (χ0) is 13.5. The second-order valence-electron chi connectivity index (χ2n) is 5.09. The molecule has 0 bridgehead atoms. The number of nitrogens with one attached hydrogen (secondary N) is 1. The van der Waals surface area contributed by atoms with E-state index in [0.717, 1.165) is 24.5 Å². The van der Waals surface area contributed by atoms with Crippen LogP contribution in [0.5, 0.6) is 11.5 Å². The minimum absolute atomic E-state index is 0.241. The van der Waals surface area contributed by atoms with Crippen LogP contribution in [0.3, 0.4) is 0 Å². The van der Waals surface area contributed by atoms with Gasteiger partial charge in [-0.15, -0.1) is 0 Å². The molecule has 2 aromatic carbocycles. The predicted molar refractivity (Wildman–Crippen MR) is 85.3 cm³/mol. The molecule has 3 nitrogen and oxygen atoms in total. The van der Waals surface area contributed by atoms with Gasteiger partial charge in [0, 0.05) is 10.1 Å². The summed E-state index contributed by atoms with van der Waals surface area (Å²) >= 11 is 2.33. The van der Waals surface area contributed by atoms with Crippen LogP contribution in [0, 0.1) is 3.57 Å². The number of ether oxygens (including phenoxy) is 2. The van der Waals surface area contributed by atoms with Crippen LogP contribution >= 0.6 is 22.6 Å². The number of fused-ring (bicyclic) bond motifs is 2. The number of hydrogen-bond acceptors (Lipinski definition) is 3. The van der Waals surface area contributed by atoms with Crippen molar-refractivity contribution in [2.24, 2.45) is 0 Å². The molecule has 2 heterocycles. The van der Waals surface area contributed by atoms with Crippen molar-refractivity contribution >= 4 is 22.6 Å². The molecule has 0 fully saturated rings. The SMILES string of the molecule is Ic1ccc(C2NCCc3cc4c(cc32)OCO4)cc1. The van der Waals surface area contributed by atoms with Crippen LogP contribution < -0.4 is 14.8 Å². The average molecular weight is 379 g/mol. The zero-order valence-corrected chi connectivity index (χ0v) is 13.0. The summed E-state index contributed by atoms with van der Waals surface area (Å²) in [5, 5.41) is 3.60. The van der Waals surface area contributed by atoms with E-state index in [9.17, 15) is 0 Å². The Morgan fingerprint density at radius 1 is 1.05 bits per heavy atom. The Bertz CT molecular complexity index is 654. The predicted octanol–water partition coefficient (Wildman–Crippen LogP) is 3.26. The molecule has 1 atom stereocenters. The lowest BCUT2D eigenvalue weighted by atomic mass is 9.89. The Kier molecular flexibility index (Phi) is 3.07. The molecule has 0 radical (unpaired) electrons. The maximum Gasteiger partial charge on any atom is 0.231 e. The van der Waals surface area contributed by atoms with E-state index in [1.165, 1.54) is 20.3 Å². The third-order valence-corrected chi connectivity index (χ3v) is 4.61. The van der Waals surface area contributed by atoms with Crippen LogP contribution in [0.25, 0.3) is 0 Å². The van der Waals surface area contributed by atoms with Crippen LogP contribution in [0.2, 0.25) is 0 Å². The van der Waals surface area contributed by atoms with Gasteiger partial charge in [-0.1, -0.05) is 12.1 Å². The number of rotatable bonds is 1. The van der Waals surface area contributed by atoms with Gasteiger partial charge in [0.15, 0.2) is 11.5 Å². The Morgan fingerprint density at radius 3 is 2.60 bits per heavy atom. The maximum atomic E-state index is 5.52. The number of hydrogen-bond donors (Lipinski definition) is 1. The van der Waals surface area contributed by atoms with Crippen LogP contribution in [0.4, 0.5) is 0 Å². The largest absolute Gasteiger partial charge is 0.454 e. The average Bonchev–Trinajstić information content (AvgIpc) is 2.92. The van der Waals surface area contributed by atoms with Gasteiger partial charge in [0.25, 0.3) is 0 Å². The molecule has 4 heteroatoms. The minimum atomic E-state index is 0.241. The Labute approximate surface area is 131 Å². The normalized spacial score (nSPS) is 19.8. The van der Waals surface area contributed by atoms with Crippen LogP contribution in [0.15, 0.2) is 36.4 Å². The van der Waals surface area contributed by atoms with Gasteiger partial charge in [0.1, 0.15) is 0 Å². The van der Waals surface area contributed by atoms with E-state index < -0.39 is 0 Å². The molecular formula is C16H14INO2. The van der Waals surface area contributed by atoms with Crippen molar-refractivity contribution in [3.05, 3.63) is 56.7 Å². The molecule has 0 saturated heterocycles. The lowest BCUT2D eigenvalue weighted by Crippen LogP contribution is -2.30. The summed E-state index contributed by atoms with van der Waals surface area (Å²) in [5.41, 5.74) is 3.96. The van der Waals surface area contributed by atoms with Crippen molar-refractivity contribution in [2.45, 2.75) is 12.5 Å². The van der Waals surface area contributed by atoms with Gasteiger partial charge < -0.3 is 14.8 Å². The molecule has 0 aliphatic carbocycles. The lowest BCUT2D eigenvalue weighted by Gasteiger charge is -2.27. The van der Waals surface area contributed by atoms with Gasteiger partial charge in [-0.25, -0.2) is 0 Å². The van der Waals surface area contributed by atoms with E-state index in [-0.39, 0.29) is 6.04 Å². The molecule has 2 aromatic rings. The summed E-state index contributed by atoms with van der Waals surface area (Å²) in [7, 11) is 0. The molecule has 1 unspecified atom stereocenters. The Balaban J connectivity index is 1.79. The summed E-state index contributed by atoms with van der Waals surface area (Å²) in [6.45, 7) is 1.32. The summed E-state index contributed by atoms with van der Waals surface area (Å²) in [6, 6.07) is 13.2. The summed E-state index contributed by atoms with van der Waals surface area (Å²) in [4.78, 5) is 0. The Hall–Kier alpha value is -1.27. The lowest BCUT2D eigenvalue weighted by molar-refractivity contribution is 0.174. The van der Waals surface area contributed by atoms with Crippen LogP contribution in [0.1, 0.15) is 22.7 Å². The molecule has 0 amide bonds. The van der Waals surface area contributed by atoms with E-state index in [2.05, 4.69) is 64.3 Å². The quantitative estimate of drug-likeness (QED) is 0.772. The van der Waals surface area contributed by atoms with Crippen molar-refractivity contribution in [3.63, 3.8) is 0 Å². The van der Waals surface area contributed by atoms with Crippen molar-refractivity contribution in [2.75, 3.05) is 13.3 Å². The maximum absolute atomic E-state index is 5.52. The third kappa shape index (κ3) is 2.07. The molecule has 2 aliphatic rings. The van der Waals surface area contributed by atoms with Crippen molar-refractivity contribution < 1.29 is 9.47 Å². The van der Waals surface area contributed by atoms with Gasteiger partial charge in [-0.05, 0) is 70.0 Å². The molecule has 0 aromatic heterocycles. The summed E-state index contributed by atoms with van der Waals surface area (Å²) in [5.74, 6) is 1.75. The second-order valence-corrected chi connectivity index (χ2v) is 6.34. The highest BCUT2D eigenvalue weighted by Crippen LogP contribution is 2.39. The highest BCUT2D eigenvalue weighted by atomic mass is 127. The first-order valence-corrected chi connectivity index (χ1v) is 7.80. The fraction of sp³-hybridized carbons (Fsp3) is 0.250. The van der Waals surface area contributed by atoms with Gasteiger partial charge in [0.05, 0.1) is 6.04 Å². The first kappa shape index (κ1) is 12.5. The smallest absolute Gasteiger partial charge is 0.231 e. The van der Waals surface area contributed by atoms with Crippen LogP contribution in [-0.4, -0.2) is 13.3 Å². The fourth-order valence-corrected chi connectivity index (χ4v) is 3.26. The first-order valence-electron chi connectivity index (χ1n) is 6.72. The highest BCUT2D eigenvalue weighted by Gasteiger charge is 2.25.